The van der Waals surface area contributed by atoms with Crippen molar-refractivity contribution < 1.29 is 0 Å². The van der Waals surface area contributed by atoms with Crippen molar-refractivity contribution in [2.45, 2.75) is 10.6 Å². The topological polar surface area (TPSA) is 23.8 Å². The molecular formula is C14H10ClNS. The Bertz CT molecular complexity index is 560. The van der Waals surface area contributed by atoms with Crippen molar-refractivity contribution in [2.75, 3.05) is 0 Å². The molecule has 0 saturated heterocycles. The maximum Gasteiger partial charge on any atom is 0.0994 e. The molecule has 0 radical (unpaired) electrons. The Morgan fingerprint density at radius 1 is 1.12 bits per heavy atom. The monoisotopic (exact) mass is 259 g/mol. The highest BCUT2D eigenvalue weighted by molar-refractivity contribution is 7.98. The zero-order chi connectivity index (χ0) is 12.1. The zero-order valence-electron chi connectivity index (χ0n) is 9.06. The van der Waals surface area contributed by atoms with Crippen molar-refractivity contribution in [1.82, 2.24) is 0 Å². The number of hydrogen-bond donors (Lipinski definition) is 0. The van der Waals surface area contributed by atoms with Gasteiger partial charge in [-0.15, -0.1) is 11.8 Å². The van der Waals surface area contributed by atoms with Gasteiger partial charge in [0, 0.05) is 15.7 Å². The van der Waals surface area contributed by atoms with Gasteiger partial charge in [0.2, 0.25) is 0 Å². The highest BCUT2D eigenvalue weighted by Crippen LogP contribution is 2.26. The summed E-state index contributed by atoms with van der Waals surface area (Å²) in [6, 6.07) is 17.6. The molecule has 2 rings (SSSR count). The first-order chi connectivity index (χ1) is 8.29. The molecule has 17 heavy (non-hydrogen) atoms. The van der Waals surface area contributed by atoms with E-state index < -0.39 is 0 Å². The van der Waals surface area contributed by atoms with Crippen LogP contribution in [-0.2, 0) is 5.75 Å². The highest BCUT2D eigenvalue weighted by Gasteiger charge is 2.02. The summed E-state index contributed by atoms with van der Waals surface area (Å²) in [7, 11) is 0. The lowest BCUT2D eigenvalue weighted by atomic mass is 10.1. The Balaban J connectivity index is 2.10. The van der Waals surface area contributed by atoms with E-state index in [9.17, 15) is 0 Å². The van der Waals surface area contributed by atoms with Crippen LogP contribution >= 0.6 is 23.4 Å². The predicted octanol–water partition coefficient (Wildman–Crippen LogP) is 4.50. The fourth-order valence-electron chi connectivity index (χ4n) is 1.47. The van der Waals surface area contributed by atoms with E-state index in [0.717, 1.165) is 26.8 Å². The summed E-state index contributed by atoms with van der Waals surface area (Å²) in [5.41, 5.74) is 1.79. The van der Waals surface area contributed by atoms with Crippen LogP contribution in [0.15, 0.2) is 53.4 Å². The number of halogens is 1. The molecule has 0 aromatic heterocycles. The quantitative estimate of drug-likeness (QED) is 0.758. The van der Waals surface area contributed by atoms with Crippen LogP contribution in [0.4, 0.5) is 0 Å². The number of nitrogens with zero attached hydrogens (tertiary/aromatic N) is 1. The van der Waals surface area contributed by atoms with Crippen LogP contribution < -0.4 is 0 Å². The largest absolute Gasteiger partial charge is 0.192 e. The van der Waals surface area contributed by atoms with Crippen molar-refractivity contribution >= 4 is 23.4 Å². The molecule has 0 N–H and O–H groups in total. The molecule has 0 spiro atoms. The molecule has 2 aromatic rings. The SMILES string of the molecule is N#Cc1ccccc1CSc1cccc(Cl)c1. The molecule has 0 aliphatic heterocycles. The normalized spacial score (nSPS) is 9.88. The third-order valence-corrected chi connectivity index (χ3v) is 3.61. The van der Waals surface area contributed by atoms with Gasteiger partial charge in [-0.1, -0.05) is 35.9 Å². The summed E-state index contributed by atoms with van der Waals surface area (Å²) < 4.78 is 0. The van der Waals surface area contributed by atoms with Gasteiger partial charge in [0.05, 0.1) is 11.6 Å². The number of thioether (sulfide) groups is 1. The minimum Gasteiger partial charge on any atom is -0.192 e. The molecule has 0 aliphatic rings. The molecular weight excluding hydrogens is 250 g/mol. The van der Waals surface area contributed by atoms with Crippen molar-refractivity contribution in [2.24, 2.45) is 0 Å². The second-order valence-corrected chi connectivity index (χ2v) is 5.00. The molecule has 0 amide bonds. The lowest BCUT2D eigenvalue weighted by Gasteiger charge is -2.04. The summed E-state index contributed by atoms with van der Waals surface area (Å²) in [6.07, 6.45) is 0. The summed E-state index contributed by atoms with van der Waals surface area (Å²) in [5, 5.41) is 9.72. The minimum absolute atomic E-state index is 0.738. The average molecular weight is 260 g/mol. The standard InChI is InChI=1S/C14H10ClNS/c15-13-6-3-7-14(8-13)17-10-12-5-2-1-4-11(12)9-16/h1-8H,10H2. The van der Waals surface area contributed by atoms with Gasteiger partial charge >= 0.3 is 0 Å². The van der Waals surface area contributed by atoms with Crippen LogP contribution in [-0.4, -0.2) is 0 Å². The molecule has 1 nitrogen and oxygen atoms in total. The van der Waals surface area contributed by atoms with E-state index in [1.807, 2.05) is 48.5 Å². The molecule has 84 valence electrons. The van der Waals surface area contributed by atoms with Crippen molar-refractivity contribution in [3.8, 4) is 6.07 Å². The van der Waals surface area contributed by atoms with Gasteiger partial charge in [-0.25, -0.2) is 0 Å². The van der Waals surface area contributed by atoms with E-state index in [0.29, 0.717) is 0 Å². The van der Waals surface area contributed by atoms with Gasteiger partial charge in [0.15, 0.2) is 0 Å². The number of nitriles is 1. The number of benzene rings is 2. The Morgan fingerprint density at radius 2 is 1.94 bits per heavy atom. The molecule has 0 saturated carbocycles. The molecule has 0 heterocycles. The third kappa shape index (κ3) is 3.26. The molecule has 0 atom stereocenters. The fourth-order valence-corrected chi connectivity index (χ4v) is 2.69. The van der Waals surface area contributed by atoms with E-state index in [4.69, 9.17) is 16.9 Å². The van der Waals surface area contributed by atoms with Crippen LogP contribution in [0.25, 0.3) is 0 Å². The van der Waals surface area contributed by atoms with Crippen LogP contribution in [0.1, 0.15) is 11.1 Å². The average Bonchev–Trinajstić information content (AvgIpc) is 2.37. The summed E-state index contributed by atoms with van der Waals surface area (Å²) >= 11 is 7.60. The van der Waals surface area contributed by atoms with Crippen LogP contribution in [0, 0.1) is 11.3 Å². The Morgan fingerprint density at radius 3 is 2.71 bits per heavy atom. The van der Waals surface area contributed by atoms with E-state index in [-0.39, 0.29) is 0 Å². The van der Waals surface area contributed by atoms with Gasteiger partial charge in [-0.3, -0.25) is 0 Å². The van der Waals surface area contributed by atoms with E-state index >= 15 is 0 Å². The van der Waals surface area contributed by atoms with Crippen molar-refractivity contribution in [1.29, 1.82) is 5.26 Å². The Hall–Kier alpha value is -1.43. The number of hydrogen-bond acceptors (Lipinski definition) is 2. The lowest BCUT2D eigenvalue weighted by molar-refractivity contribution is 1.34. The third-order valence-electron chi connectivity index (χ3n) is 2.33. The van der Waals surface area contributed by atoms with Gasteiger partial charge < -0.3 is 0 Å². The maximum absolute atomic E-state index is 8.98. The van der Waals surface area contributed by atoms with Crippen LogP contribution in [0.2, 0.25) is 5.02 Å². The van der Waals surface area contributed by atoms with Crippen molar-refractivity contribution in [3.05, 3.63) is 64.7 Å². The molecule has 0 aliphatic carbocycles. The number of rotatable bonds is 3. The van der Waals surface area contributed by atoms with Gasteiger partial charge in [-0.2, -0.15) is 5.26 Å². The van der Waals surface area contributed by atoms with Gasteiger partial charge in [0.25, 0.3) is 0 Å². The summed E-state index contributed by atoms with van der Waals surface area (Å²) in [6.45, 7) is 0. The lowest BCUT2D eigenvalue weighted by Crippen LogP contribution is -1.86. The first kappa shape index (κ1) is 12.0. The van der Waals surface area contributed by atoms with E-state index in [1.54, 1.807) is 11.8 Å². The first-order valence-corrected chi connectivity index (χ1v) is 6.52. The second kappa shape index (κ2) is 5.77. The fraction of sp³-hybridized carbons (Fsp3) is 0.0714. The Kier molecular flexibility index (Phi) is 4.08. The second-order valence-electron chi connectivity index (χ2n) is 3.52. The van der Waals surface area contributed by atoms with E-state index in [1.165, 1.54) is 0 Å². The minimum atomic E-state index is 0.738. The summed E-state index contributed by atoms with van der Waals surface area (Å²) in [5.74, 6) is 0.782. The molecule has 0 unspecified atom stereocenters. The van der Waals surface area contributed by atoms with Crippen molar-refractivity contribution in [3.63, 3.8) is 0 Å². The summed E-state index contributed by atoms with van der Waals surface area (Å²) in [4.78, 5) is 1.12. The zero-order valence-corrected chi connectivity index (χ0v) is 10.6. The molecule has 3 heteroatoms. The molecule has 0 bridgehead atoms. The van der Waals surface area contributed by atoms with Crippen LogP contribution in [0.5, 0.6) is 0 Å². The predicted molar refractivity (Wildman–Crippen MR) is 72.2 cm³/mol. The van der Waals surface area contributed by atoms with Gasteiger partial charge in [-0.05, 0) is 29.8 Å². The highest BCUT2D eigenvalue weighted by atomic mass is 35.5. The maximum atomic E-state index is 8.98. The first-order valence-electron chi connectivity index (χ1n) is 5.16. The van der Waals surface area contributed by atoms with Crippen LogP contribution in [0.3, 0.4) is 0 Å². The van der Waals surface area contributed by atoms with Gasteiger partial charge in [0.1, 0.15) is 0 Å². The molecule has 0 fully saturated rings. The Labute approximate surface area is 110 Å². The van der Waals surface area contributed by atoms with E-state index in [2.05, 4.69) is 6.07 Å². The molecule has 2 aromatic carbocycles. The smallest absolute Gasteiger partial charge is 0.0994 e.